The van der Waals surface area contributed by atoms with Crippen LogP contribution in [0, 0.1) is 0 Å². The molecule has 3 rings (SSSR count). The predicted molar refractivity (Wildman–Crippen MR) is 107 cm³/mol. The number of carbonyl (C=O) groups is 2. The Morgan fingerprint density at radius 3 is 2.32 bits per heavy atom. The third-order valence-corrected chi connectivity index (χ3v) is 4.69. The Morgan fingerprint density at radius 1 is 1.07 bits per heavy atom. The van der Waals surface area contributed by atoms with Gasteiger partial charge in [0.2, 0.25) is 5.91 Å². The molecule has 2 aromatic carbocycles. The monoisotopic (exact) mass is 383 g/mol. The molecule has 0 unspecified atom stereocenters. The van der Waals surface area contributed by atoms with Crippen molar-refractivity contribution in [1.82, 2.24) is 5.32 Å². The van der Waals surface area contributed by atoms with Crippen LogP contribution in [0.1, 0.15) is 27.1 Å². The average molecular weight is 383 g/mol. The molecule has 1 fully saturated rings. The Balaban J connectivity index is 1.65. The number of ether oxygens (including phenoxy) is 2. The first-order chi connectivity index (χ1) is 13.4. The number of hydrogen-bond acceptors (Lipinski definition) is 5. The molecule has 0 saturated carbocycles. The van der Waals surface area contributed by atoms with Crippen LogP contribution in [0.5, 0.6) is 5.75 Å². The number of nitrogens with one attached hydrogen (secondary N) is 1. The lowest BCUT2D eigenvalue weighted by Gasteiger charge is -2.32. The van der Waals surface area contributed by atoms with E-state index in [4.69, 9.17) is 15.2 Å². The van der Waals surface area contributed by atoms with Crippen molar-refractivity contribution in [2.45, 2.75) is 18.6 Å². The largest absolute Gasteiger partial charge is 0.486 e. The van der Waals surface area contributed by atoms with E-state index >= 15 is 0 Å². The van der Waals surface area contributed by atoms with Crippen LogP contribution in [-0.4, -0.2) is 51.3 Å². The van der Waals surface area contributed by atoms with Gasteiger partial charge >= 0.3 is 0 Å². The van der Waals surface area contributed by atoms with Gasteiger partial charge in [-0.15, -0.1) is 0 Å². The van der Waals surface area contributed by atoms with Gasteiger partial charge in [0, 0.05) is 37.5 Å². The molecule has 2 atom stereocenters. The number of amides is 2. The van der Waals surface area contributed by atoms with Gasteiger partial charge in [0.25, 0.3) is 5.91 Å². The summed E-state index contributed by atoms with van der Waals surface area (Å²) in [6, 6.07) is 13.9. The van der Waals surface area contributed by atoms with Gasteiger partial charge in [0.05, 0.1) is 12.6 Å². The van der Waals surface area contributed by atoms with E-state index in [2.05, 4.69) is 5.32 Å². The van der Waals surface area contributed by atoms with E-state index in [1.807, 2.05) is 43.3 Å². The molecule has 1 heterocycles. The zero-order valence-corrected chi connectivity index (χ0v) is 16.1. The maximum Gasteiger partial charge on any atom is 0.251 e. The SMILES string of the molecule is CN(C)c1ccc(C(=O)N[C@@H]2CCOC[C@H]2Oc2ccc(C(N)=O)cc2)cc1. The third kappa shape index (κ3) is 4.80. The first-order valence-electron chi connectivity index (χ1n) is 9.16. The number of nitrogens with zero attached hydrogens (tertiary/aromatic N) is 1. The number of carbonyl (C=O) groups excluding carboxylic acids is 2. The second-order valence-electron chi connectivity index (χ2n) is 6.93. The first-order valence-corrected chi connectivity index (χ1v) is 9.16. The fraction of sp³-hybridized carbons (Fsp3) is 0.333. The second-order valence-corrected chi connectivity index (χ2v) is 6.93. The van der Waals surface area contributed by atoms with Gasteiger partial charge in [-0.2, -0.15) is 0 Å². The Bertz CT molecular complexity index is 819. The minimum Gasteiger partial charge on any atom is -0.486 e. The topological polar surface area (TPSA) is 93.9 Å². The zero-order chi connectivity index (χ0) is 20.1. The van der Waals surface area contributed by atoms with Crippen LogP contribution >= 0.6 is 0 Å². The number of anilines is 1. The Labute approximate surface area is 164 Å². The molecule has 0 spiro atoms. The van der Waals surface area contributed by atoms with Gasteiger partial charge in [0.15, 0.2) is 0 Å². The number of primary amides is 1. The molecule has 0 aliphatic carbocycles. The van der Waals surface area contributed by atoms with Crippen molar-refractivity contribution in [1.29, 1.82) is 0 Å². The molecule has 148 valence electrons. The molecule has 2 amide bonds. The van der Waals surface area contributed by atoms with E-state index in [1.54, 1.807) is 24.3 Å². The normalized spacial score (nSPS) is 18.9. The van der Waals surface area contributed by atoms with Crippen LogP contribution in [-0.2, 0) is 4.74 Å². The van der Waals surface area contributed by atoms with Gasteiger partial charge in [-0.05, 0) is 55.0 Å². The lowest BCUT2D eigenvalue weighted by atomic mass is 10.0. The summed E-state index contributed by atoms with van der Waals surface area (Å²) in [6.45, 7) is 0.938. The van der Waals surface area contributed by atoms with E-state index in [1.165, 1.54) is 0 Å². The molecule has 3 N–H and O–H groups in total. The lowest BCUT2D eigenvalue weighted by molar-refractivity contribution is -0.0135. The highest BCUT2D eigenvalue weighted by Gasteiger charge is 2.29. The minimum absolute atomic E-state index is 0.144. The molecule has 0 radical (unpaired) electrons. The maximum absolute atomic E-state index is 12.6. The van der Waals surface area contributed by atoms with Crippen LogP contribution in [0.15, 0.2) is 48.5 Å². The maximum atomic E-state index is 12.6. The second kappa shape index (κ2) is 8.75. The molecule has 7 nitrogen and oxygen atoms in total. The van der Waals surface area contributed by atoms with Crippen LogP contribution in [0.25, 0.3) is 0 Å². The predicted octanol–water partition coefficient (Wildman–Crippen LogP) is 1.82. The molecule has 28 heavy (non-hydrogen) atoms. The van der Waals surface area contributed by atoms with E-state index in [0.29, 0.717) is 36.5 Å². The molecular formula is C21H25N3O4. The summed E-state index contributed by atoms with van der Waals surface area (Å²) in [4.78, 5) is 25.8. The highest BCUT2D eigenvalue weighted by atomic mass is 16.5. The number of hydrogen-bond donors (Lipinski definition) is 2. The zero-order valence-electron chi connectivity index (χ0n) is 16.1. The highest BCUT2D eigenvalue weighted by Crippen LogP contribution is 2.19. The van der Waals surface area contributed by atoms with Gasteiger partial charge in [-0.25, -0.2) is 0 Å². The highest BCUT2D eigenvalue weighted by molar-refractivity contribution is 5.94. The van der Waals surface area contributed by atoms with Crippen LogP contribution in [0.3, 0.4) is 0 Å². The average Bonchev–Trinajstić information content (AvgIpc) is 2.70. The molecule has 7 heteroatoms. The number of benzene rings is 2. The molecule has 0 bridgehead atoms. The number of rotatable bonds is 6. The first kappa shape index (κ1) is 19.7. The summed E-state index contributed by atoms with van der Waals surface area (Å²) < 4.78 is 11.5. The molecule has 2 aromatic rings. The molecule has 1 aliphatic heterocycles. The fourth-order valence-electron chi connectivity index (χ4n) is 3.03. The Morgan fingerprint density at radius 2 is 1.71 bits per heavy atom. The summed E-state index contributed by atoms with van der Waals surface area (Å²) in [5.74, 6) is -0.0389. The van der Waals surface area contributed by atoms with Crippen molar-refractivity contribution in [3.05, 3.63) is 59.7 Å². The summed E-state index contributed by atoms with van der Waals surface area (Å²) in [7, 11) is 3.91. The summed E-state index contributed by atoms with van der Waals surface area (Å²) in [6.07, 6.45) is 0.337. The van der Waals surface area contributed by atoms with E-state index in [9.17, 15) is 9.59 Å². The van der Waals surface area contributed by atoms with E-state index < -0.39 is 5.91 Å². The smallest absolute Gasteiger partial charge is 0.251 e. The Kier molecular flexibility index (Phi) is 6.16. The van der Waals surface area contributed by atoms with Gasteiger partial charge in [0.1, 0.15) is 11.9 Å². The molecule has 0 aromatic heterocycles. The molecular weight excluding hydrogens is 358 g/mol. The molecule has 1 saturated heterocycles. The van der Waals surface area contributed by atoms with Crippen molar-refractivity contribution >= 4 is 17.5 Å². The fourth-order valence-corrected chi connectivity index (χ4v) is 3.03. The van der Waals surface area contributed by atoms with Gasteiger partial charge in [-0.1, -0.05) is 0 Å². The molecule has 1 aliphatic rings. The van der Waals surface area contributed by atoms with Gasteiger partial charge in [-0.3, -0.25) is 9.59 Å². The number of nitrogens with two attached hydrogens (primary N) is 1. The Hall–Kier alpha value is -3.06. The van der Waals surface area contributed by atoms with Crippen molar-refractivity contribution in [2.75, 3.05) is 32.2 Å². The van der Waals surface area contributed by atoms with Crippen LogP contribution in [0.4, 0.5) is 5.69 Å². The van der Waals surface area contributed by atoms with Crippen molar-refractivity contribution < 1.29 is 19.1 Å². The summed E-state index contributed by atoms with van der Waals surface area (Å²) >= 11 is 0. The third-order valence-electron chi connectivity index (χ3n) is 4.69. The van der Waals surface area contributed by atoms with Gasteiger partial charge < -0.3 is 25.4 Å². The van der Waals surface area contributed by atoms with Crippen molar-refractivity contribution in [2.24, 2.45) is 5.73 Å². The van der Waals surface area contributed by atoms with Crippen molar-refractivity contribution in [3.63, 3.8) is 0 Å². The summed E-state index contributed by atoms with van der Waals surface area (Å²) in [5, 5.41) is 3.05. The minimum atomic E-state index is -0.488. The van der Waals surface area contributed by atoms with Crippen LogP contribution < -0.4 is 20.7 Å². The van der Waals surface area contributed by atoms with Crippen molar-refractivity contribution in [3.8, 4) is 5.75 Å². The lowest BCUT2D eigenvalue weighted by Crippen LogP contribution is -2.51. The quantitative estimate of drug-likeness (QED) is 0.794. The van der Waals surface area contributed by atoms with Crippen LogP contribution in [0.2, 0.25) is 0 Å². The standard InChI is InChI=1S/C21H25N3O4/c1-24(2)16-7-3-15(4-8-16)21(26)23-18-11-12-27-13-19(18)28-17-9-5-14(6-10-17)20(22)25/h3-10,18-19H,11-13H2,1-2H3,(H2,22,25)(H,23,26)/t18-,19-/m1/s1. The van der Waals surface area contributed by atoms with E-state index in [0.717, 1.165) is 5.69 Å². The summed E-state index contributed by atoms with van der Waals surface area (Å²) in [5.41, 5.74) is 7.30. The van der Waals surface area contributed by atoms with E-state index in [-0.39, 0.29) is 18.1 Å².